The van der Waals surface area contributed by atoms with Crippen LogP contribution in [0.25, 0.3) is 0 Å². The van der Waals surface area contributed by atoms with E-state index in [1.54, 1.807) is 0 Å². The van der Waals surface area contributed by atoms with E-state index in [-0.39, 0.29) is 11.5 Å². The van der Waals surface area contributed by atoms with Crippen LogP contribution >= 0.6 is 0 Å². The van der Waals surface area contributed by atoms with Crippen LogP contribution in [0.1, 0.15) is 46.5 Å². The molecule has 1 N–H and O–H groups in total. The second-order valence-electron chi connectivity index (χ2n) is 6.04. The van der Waals surface area contributed by atoms with Crippen LogP contribution in [0, 0.1) is 22.7 Å². The van der Waals surface area contributed by atoms with Crippen molar-refractivity contribution >= 4 is 0 Å². The van der Waals surface area contributed by atoms with E-state index in [0.717, 1.165) is 38.9 Å². The molecular weight excluding hydrogens is 212 g/mol. The van der Waals surface area contributed by atoms with E-state index in [2.05, 4.69) is 11.0 Å². The van der Waals surface area contributed by atoms with Gasteiger partial charge in [-0.15, -0.1) is 0 Å². The Morgan fingerprint density at radius 1 is 1.53 bits per heavy atom. The summed E-state index contributed by atoms with van der Waals surface area (Å²) in [6, 6.07) is 2.35. The van der Waals surface area contributed by atoms with Gasteiger partial charge in [-0.25, -0.2) is 0 Å². The van der Waals surface area contributed by atoms with Crippen molar-refractivity contribution in [3.63, 3.8) is 0 Å². The highest BCUT2D eigenvalue weighted by atomic mass is 16.3. The molecule has 1 fully saturated rings. The van der Waals surface area contributed by atoms with Gasteiger partial charge in [-0.2, -0.15) is 5.26 Å². The largest absolute Gasteiger partial charge is 0.393 e. The molecule has 0 radical (unpaired) electrons. The van der Waals surface area contributed by atoms with E-state index < -0.39 is 0 Å². The molecule has 0 aromatic rings. The second-order valence-corrected chi connectivity index (χ2v) is 6.04. The van der Waals surface area contributed by atoms with Gasteiger partial charge in [0.1, 0.15) is 0 Å². The maximum atomic E-state index is 9.62. The Morgan fingerprint density at radius 3 is 2.82 bits per heavy atom. The van der Waals surface area contributed by atoms with Crippen molar-refractivity contribution in [3.05, 3.63) is 0 Å². The van der Waals surface area contributed by atoms with Crippen LogP contribution in [0.3, 0.4) is 0 Å². The molecule has 0 spiro atoms. The molecule has 0 aromatic heterocycles. The van der Waals surface area contributed by atoms with E-state index in [0.29, 0.717) is 5.92 Å². The zero-order chi connectivity index (χ0) is 12.9. The Morgan fingerprint density at radius 2 is 2.24 bits per heavy atom. The first-order valence-electron chi connectivity index (χ1n) is 6.76. The molecular formula is C14H26N2O. The number of aliphatic hydroxyl groups is 1. The molecule has 2 atom stereocenters. The first kappa shape index (κ1) is 14.5. The number of hydrogen-bond donors (Lipinski definition) is 1. The highest BCUT2D eigenvalue weighted by molar-refractivity contribution is 4.91. The van der Waals surface area contributed by atoms with Gasteiger partial charge in [0.15, 0.2) is 0 Å². The van der Waals surface area contributed by atoms with Crippen LogP contribution in [0.2, 0.25) is 0 Å². The van der Waals surface area contributed by atoms with Crippen LogP contribution in [0.4, 0.5) is 0 Å². The minimum atomic E-state index is -0.195. The SMILES string of the molecule is CC(O)C1CCCN(CCCC(C)(C)C#N)C1. The Hall–Kier alpha value is -0.590. The molecule has 0 saturated carbocycles. The molecule has 0 amide bonds. The molecule has 1 rings (SSSR count). The third-order valence-electron chi connectivity index (χ3n) is 3.80. The Bertz CT molecular complexity index is 268. The van der Waals surface area contributed by atoms with Crippen LogP contribution in [-0.4, -0.2) is 35.7 Å². The van der Waals surface area contributed by atoms with Gasteiger partial charge in [-0.1, -0.05) is 0 Å². The zero-order valence-electron chi connectivity index (χ0n) is 11.4. The normalized spacial score (nSPS) is 24.3. The van der Waals surface area contributed by atoms with Crippen LogP contribution in [-0.2, 0) is 0 Å². The summed E-state index contributed by atoms with van der Waals surface area (Å²) in [6.07, 6.45) is 4.19. The molecule has 0 aromatic carbocycles. The number of likely N-dealkylation sites (tertiary alicyclic amines) is 1. The van der Waals surface area contributed by atoms with Crippen LogP contribution in [0.15, 0.2) is 0 Å². The summed E-state index contributed by atoms with van der Waals surface area (Å²) in [7, 11) is 0. The number of hydrogen-bond acceptors (Lipinski definition) is 3. The standard InChI is InChI=1S/C14H26N2O/c1-12(17)13-6-4-8-16(10-13)9-5-7-14(2,3)11-15/h12-13,17H,4-10H2,1-3H3. The lowest BCUT2D eigenvalue weighted by Gasteiger charge is -2.34. The molecule has 0 aliphatic carbocycles. The van der Waals surface area contributed by atoms with E-state index in [1.165, 1.54) is 6.42 Å². The minimum Gasteiger partial charge on any atom is -0.393 e. The van der Waals surface area contributed by atoms with Crippen molar-refractivity contribution in [2.45, 2.75) is 52.6 Å². The summed E-state index contributed by atoms with van der Waals surface area (Å²) in [6.45, 7) is 9.13. The summed E-state index contributed by atoms with van der Waals surface area (Å²) in [5.74, 6) is 0.438. The van der Waals surface area contributed by atoms with E-state index in [1.807, 2.05) is 20.8 Å². The van der Waals surface area contributed by atoms with E-state index in [9.17, 15) is 5.11 Å². The number of nitriles is 1. The maximum absolute atomic E-state index is 9.62. The van der Waals surface area contributed by atoms with Gasteiger partial charge in [0.25, 0.3) is 0 Å². The summed E-state index contributed by atoms with van der Waals surface area (Å²) >= 11 is 0. The fourth-order valence-corrected chi connectivity index (χ4v) is 2.49. The predicted molar refractivity (Wildman–Crippen MR) is 69.5 cm³/mol. The summed E-state index contributed by atoms with van der Waals surface area (Å²) < 4.78 is 0. The number of rotatable bonds is 5. The van der Waals surface area contributed by atoms with E-state index in [4.69, 9.17) is 5.26 Å². The molecule has 1 heterocycles. The van der Waals surface area contributed by atoms with Gasteiger partial charge in [0.05, 0.1) is 17.6 Å². The van der Waals surface area contributed by atoms with E-state index >= 15 is 0 Å². The van der Waals surface area contributed by atoms with Crippen molar-refractivity contribution in [3.8, 4) is 6.07 Å². The third-order valence-corrected chi connectivity index (χ3v) is 3.80. The summed E-state index contributed by atoms with van der Waals surface area (Å²) in [5, 5.41) is 18.6. The van der Waals surface area contributed by atoms with Crippen molar-refractivity contribution in [2.24, 2.45) is 11.3 Å². The number of aliphatic hydroxyl groups excluding tert-OH is 1. The van der Waals surface area contributed by atoms with Gasteiger partial charge in [-0.05, 0) is 65.5 Å². The Balaban J connectivity index is 2.26. The molecule has 98 valence electrons. The first-order valence-corrected chi connectivity index (χ1v) is 6.76. The number of nitrogens with zero attached hydrogens (tertiary/aromatic N) is 2. The van der Waals surface area contributed by atoms with Gasteiger partial charge >= 0.3 is 0 Å². The molecule has 3 heteroatoms. The molecule has 1 aliphatic heterocycles. The lowest BCUT2D eigenvalue weighted by Crippen LogP contribution is -2.40. The quantitative estimate of drug-likeness (QED) is 0.800. The minimum absolute atomic E-state index is 0.187. The zero-order valence-corrected chi connectivity index (χ0v) is 11.4. The van der Waals surface area contributed by atoms with Crippen LogP contribution < -0.4 is 0 Å². The number of piperidine rings is 1. The van der Waals surface area contributed by atoms with Gasteiger partial charge < -0.3 is 10.0 Å². The Labute approximate surface area is 105 Å². The molecule has 17 heavy (non-hydrogen) atoms. The van der Waals surface area contributed by atoms with Crippen molar-refractivity contribution < 1.29 is 5.11 Å². The van der Waals surface area contributed by atoms with Crippen molar-refractivity contribution in [1.82, 2.24) is 4.90 Å². The summed E-state index contributed by atoms with van der Waals surface area (Å²) in [4.78, 5) is 2.44. The maximum Gasteiger partial charge on any atom is 0.0683 e. The fraction of sp³-hybridized carbons (Fsp3) is 0.929. The smallest absolute Gasteiger partial charge is 0.0683 e. The molecule has 2 unspecified atom stereocenters. The predicted octanol–water partition coefficient (Wildman–Crippen LogP) is 2.41. The molecule has 0 bridgehead atoms. The van der Waals surface area contributed by atoms with Gasteiger partial charge in [0.2, 0.25) is 0 Å². The lowest BCUT2D eigenvalue weighted by molar-refractivity contribution is 0.0615. The first-order chi connectivity index (χ1) is 7.94. The molecule has 1 aliphatic rings. The monoisotopic (exact) mass is 238 g/mol. The van der Waals surface area contributed by atoms with Crippen LogP contribution in [0.5, 0.6) is 0 Å². The average Bonchev–Trinajstić information content (AvgIpc) is 2.29. The van der Waals surface area contributed by atoms with Gasteiger partial charge in [0, 0.05) is 6.54 Å². The molecule has 3 nitrogen and oxygen atoms in total. The van der Waals surface area contributed by atoms with Gasteiger partial charge in [-0.3, -0.25) is 0 Å². The highest BCUT2D eigenvalue weighted by Gasteiger charge is 2.23. The second kappa shape index (κ2) is 6.37. The molecule has 1 saturated heterocycles. The van der Waals surface area contributed by atoms with Crippen molar-refractivity contribution in [2.75, 3.05) is 19.6 Å². The lowest BCUT2D eigenvalue weighted by atomic mass is 9.89. The fourth-order valence-electron chi connectivity index (χ4n) is 2.49. The third kappa shape index (κ3) is 5.06. The van der Waals surface area contributed by atoms with Crippen molar-refractivity contribution in [1.29, 1.82) is 5.26 Å². The summed E-state index contributed by atoms with van der Waals surface area (Å²) in [5.41, 5.74) is -0.195. The average molecular weight is 238 g/mol. The Kier molecular flexibility index (Phi) is 5.42. The highest BCUT2D eigenvalue weighted by Crippen LogP contribution is 2.23. The topological polar surface area (TPSA) is 47.3 Å².